The fourth-order valence-corrected chi connectivity index (χ4v) is 15.5. The van der Waals surface area contributed by atoms with E-state index in [9.17, 15) is 0 Å². The summed E-state index contributed by atoms with van der Waals surface area (Å²) in [6.45, 7) is 27.6. The van der Waals surface area contributed by atoms with E-state index in [2.05, 4.69) is 322 Å². The van der Waals surface area contributed by atoms with Crippen molar-refractivity contribution in [2.24, 2.45) is 0 Å². The van der Waals surface area contributed by atoms with Crippen LogP contribution < -0.4 is 19.4 Å². The highest BCUT2D eigenvalue weighted by atomic mass is 32.1. The standard InChI is InChI=1S/C81H73N3OS/c1-77(2,3)50-32-40-54(41-33-50)82(55-42-34-51(35-43-55)78(4,5)6)67-48-63-72(59-23-14-13-22-58(59)67)74-64(81(63)61-25-16-17-27-65(61)84-66-28-18-19-29-69(66)85-70-30-21-26-62(81)75(70)84)49-68(73-60-24-15-20-31-71(60)86-76(73)74)83(56-44-36-52(37-45-56)79(7,8)9)57-46-38-53(39-47-57)80(10,11)12/h13-49H,1-12H3. The Bertz CT molecular complexity index is 4580. The van der Waals surface area contributed by atoms with Crippen molar-refractivity contribution in [1.29, 1.82) is 0 Å². The molecule has 0 bridgehead atoms. The van der Waals surface area contributed by atoms with E-state index < -0.39 is 5.41 Å². The third-order valence-electron chi connectivity index (χ3n) is 18.7. The van der Waals surface area contributed by atoms with Gasteiger partial charge in [-0.2, -0.15) is 0 Å². The summed E-state index contributed by atoms with van der Waals surface area (Å²) in [6, 6.07) is 85.6. The molecule has 15 rings (SSSR count). The highest BCUT2D eigenvalue weighted by Crippen LogP contribution is 2.70. The maximum absolute atomic E-state index is 7.13. The molecule has 11 aromatic carbocycles. The summed E-state index contributed by atoms with van der Waals surface area (Å²) in [7, 11) is 0. The van der Waals surface area contributed by atoms with Gasteiger partial charge in [0.05, 0.1) is 33.9 Å². The first kappa shape index (κ1) is 53.8. The quantitative estimate of drug-likeness (QED) is 0.165. The first-order valence-electron chi connectivity index (χ1n) is 30.6. The average molecular weight is 1140 g/mol. The van der Waals surface area contributed by atoms with E-state index in [1.54, 1.807) is 0 Å². The largest absolute Gasteiger partial charge is 0.453 e. The number of para-hydroxylation sites is 4. The van der Waals surface area contributed by atoms with E-state index in [1.807, 2.05) is 11.3 Å². The van der Waals surface area contributed by atoms with Gasteiger partial charge in [0.2, 0.25) is 0 Å². The average Bonchev–Trinajstić information content (AvgIpc) is 1.44. The zero-order chi connectivity index (χ0) is 59.4. The van der Waals surface area contributed by atoms with Crippen LogP contribution in [0, 0.1) is 0 Å². The van der Waals surface area contributed by atoms with Gasteiger partial charge in [0.15, 0.2) is 11.5 Å². The zero-order valence-electron chi connectivity index (χ0n) is 51.5. The molecule has 5 heteroatoms. The van der Waals surface area contributed by atoms with Crippen LogP contribution in [-0.4, -0.2) is 0 Å². The summed E-state index contributed by atoms with van der Waals surface area (Å²) in [5.74, 6) is 1.68. The Morgan fingerprint density at radius 2 is 0.779 bits per heavy atom. The van der Waals surface area contributed by atoms with E-state index >= 15 is 0 Å². The molecule has 12 aromatic rings. The zero-order valence-corrected chi connectivity index (χ0v) is 52.3. The van der Waals surface area contributed by atoms with Gasteiger partial charge in [-0.15, -0.1) is 11.3 Å². The summed E-state index contributed by atoms with van der Waals surface area (Å²) in [5.41, 5.74) is 21.6. The van der Waals surface area contributed by atoms with Gasteiger partial charge in [0.1, 0.15) is 0 Å². The molecule has 3 aliphatic rings. The minimum Gasteiger partial charge on any atom is -0.453 e. The molecule has 1 spiro atoms. The normalized spacial score (nSPS) is 15.1. The van der Waals surface area contributed by atoms with Crippen molar-refractivity contribution in [3.8, 4) is 22.6 Å². The second-order valence-electron chi connectivity index (χ2n) is 28.2. The van der Waals surface area contributed by atoms with Crippen molar-refractivity contribution in [2.75, 3.05) is 14.7 Å². The third-order valence-corrected chi connectivity index (χ3v) is 19.8. The Kier molecular flexibility index (Phi) is 11.9. The van der Waals surface area contributed by atoms with Gasteiger partial charge in [0.25, 0.3) is 0 Å². The molecule has 0 saturated carbocycles. The number of fused-ring (bicyclic) bond motifs is 17. The highest BCUT2D eigenvalue weighted by molar-refractivity contribution is 7.26. The molecule has 424 valence electrons. The van der Waals surface area contributed by atoms with Gasteiger partial charge in [0, 0.05) is 53.9 Å². The molecule has 3 heterocycles. The second-order valence-corrected chi connectivity index (χ2v) is 29.2. The maximum Gasteiger partial charge on any atom is 0.151 e. The number of hydrogen-bond donors (Lipinski definition) is 0. The van der Waals surface area contributed by atoms with E-state index in [1.165, 1.54) is 86.6 Å². The Hall–Kier alpha value is -8.90. The summed E-state index contributed by atoms with van der Waals surface area (Å²) < 4.78 is 9.66. The molecule has 0 radical (unpaired) electrons. The van der Waals surface area contributed by atoms with Crippen LogP contribution in [0.4, 0.5) is 51.2 Å². The van der Waals surface area contributed by atoms with Crippen molar-refractivity contribution in [3.63, 3.8) is 0 Å². The van der Waals surface area contributed by atoms with Crippen LogP contribution in [0.25, 0.3) is 42.1 Å². The number of anilines is 9. The molecule has 0 amide bonds. The number of nitrogens with zero attached hydrogens (tertiary/aromatic N) is 3. The van der Waals surface area contributed by atoms with Crippen LogP contribution in [0.3, 0.4) is 0 Å². The van der Waals surface area contributed by atoms with Crippen LogP contribution in [0.5, 0.6) is 11.5 Å². The molecule has 1 aliphatic carbocycles. The molecule has 1 aromatic heterocycles. The minimum atomic E-state index is -0.883. The van der Waals surface area contributed by atoms with E-state index in [4.69, 9.17) is 4.74 Å². The number of rotatable bonds is 6. The van der Waals surface area contributed by atoms with Gasteiger partial charge in [-0.3, -0.25) is 0 Å². The number of thiophene rings is 1. The van der Waals surface area contributed by atoms with Gasteiger partial charge < -0.3 is 19.4 Å². The van der Waals surface area contributed by atoms with Crippen LogP contribution in [0.1, 0.15) is 128 Å². The lowest BCUT2D eigenvalue weighted by Gasteiger charge is -2.47. The second kappa shape index (κ2) is 19.1. The Balaban J connectivity index is 1.12. The van der Waals surface area contributed by atoms with Crippen LogP contribution >= 0.6 is 11.3 Å². The molecular weight excluding hydrogens is 1060 g/mol. The Labute approximate surface area is 511 Å². The molecule has 2 aliphatic heterocycles. The highest BCUT2D eigenvalue weighted by Gasteiger charge is 2.55. The summed E-state index contributed by atoms with van der Waals surface area (Å²) in [4.78, 5) is 7.58. The molecule has 0 fully saturated rings. The van der Waals surface area contributed by atoms with E-state index in [0.717, 1.165) is 62.7 Å². The summed E-state index contributed by atoms with van der Waals surface area (Å²) >= 11 is 1.93. The van der Waals surface area contributed by atoms with Crippen molar-refractivity contribution in [1.82, 2.24) is 0 Å². The molecule has 86 heavy (non-hydrogen) atoms. The molecule has 1 atom stereocenters. The third kappa shape index (κ3) is 8.14. The van der Waals surface area contributed by atoms with Crippen molar-refractivity contribution < 1.29 is 4.74 Å². The number of benzene rings is 11. The van der Waals surface area contributed by atoms with E-state index in [-0.39, 0.29) is 21.7 Å². The van der Waals surface area contributed by atoms with Gasteiger partial charge in [-0.1, -0.05) is 217 Å². The predicted octanol–water partition coefficient (Wildman–Crippen LogP) is 23.6. The summed E-state index contributed by atoms with van der Waals surface area (Å²) in [6.07, 6.45) is 0. The lowest BCUT2D eigenvalue weighted by atomic mass is 9.64. The first-order chi connectivity index (χ1) is 41.2. The number of ether oxygens (including phenoxy) is 1. The van der Waals surface area contributed by atoms with Gasteiger partial charge in [-0.05, 0) is 168 Å². The topological polar surface area (TPSA) is 19.0 Å². The molecule has 4 nitrogen and oxygen atoms in total. The fourth-order valence-electron chi connectivity index (χ4n) is 14.2. The predicted molar refractivity (Wildman–Crippen MR) is 367 cm³/mol. The maximum atomic E-state index is 7.13. The smallest absolute Gasteiger partial charge is 0.151 e. The van der Waals surface area contributed by atoms with E-state index in [0.29, 0.717) is 0 Å². The van der Waals surface area contributed by atoms with Gasteiger partial charge >= 0.3 is 0 Å². The Morgan fingerprint density at radius 3 is 1.33 bits per heavy atom. The number of hydrogen-bond acceptors (Lipinski definition) is 5. The first-order valence-corrected chi connectivity index (χ1v) is 31.4. The minimum absolute atomic E-state index is 0.0183. The lowest BCUT2D eigenvalue weighted by Crippen LogP contribution is -2.37. The van der Waals surface area contributed by atoms with Gasteiger partial charge in [-0.25, -0.2) is 0 Å². The van der Waals surface area contributed by atoms with Crippen molar-refractivity contribution in [2.45, 2.75) is 110 Å². The SMILES string of the molecule is CC(C)(C)c1ccc(N(c2ccc(C(C)(C)C)cc2)c2cc3c(c4ccccc24)-c2c(cc(N(c4ccc(C(C)(C)C)cc4)c4ccc(C(C)(C)C)cc4)c4c2sc2ccccc24)C32c3ccccc3N3c4ccccc4Oc4cccc2c43)cc1. The molecular formula is C81H73N3OS. The monoisotopic (exact) mass is 1140 g/mol. The van der Waals surface area contributed by atoms with Crippen LogP contribution in [0.2, 0.25) is 0 Å². The lowest BCUT2D eigenvalue weighted by molar-refractivity contribution is 0.473. The van der Waals surface area contributed by atoms with Crippen LogP contribution in [-0.2, 0) is 27.1 Å². The molecule has 0 saturated heterocycles. The fraction of sp³-hybridized carbons (Fsp3) is 0.210. The molecule has 0 N–H and O–H groups in total. The van der Waals surface area contributed by atoms with Crippen molar-refractivity contribution >= 4 is 93.5 Å². The summed E-state index contributed by atoms with van der Waals surface area (Å²) in [5, 5.41) is 4.89. The van der Waals surface area contributed by atoms with Crippen molar-refractivity contribution in [3.05, 3.63) is 269 Å². The molecule has 1 unspecified atom stereocenters. The van der Waals surface area contributed by atoms with Crippen LogP contribution in [0.15, 0.2) is 224 Å². The Morgan fingerprint density at radius 1 is 0.360 bits per heavy atom.